The van der Waals surface area contributed by atoms with Crippen molar-refractivity contribution >= 4 is 11.0 Å². The molecule has 2 heterocycles. The van der Waals surface area contributed by atoms with E-state index in [2.05, 4.69) is 27.4 Å². The van der Waals surface area contributed by atoms with Crippen LogP contribution in [0.25, 0.3) is 11.0 Å². The minimum atomic E-state index is -0.128. The number of nitrogens with zero attached hydrogens (tertiary/aromatic N) is 1. The van der Waals surface area contributed by atoms with Crippen molar-refractivity contribution in [3.63, 3.8) is 0 Å². The standard InChI is InChI=1S/C13H13N3O/c17-13-6-15-11-2-9-7-1-8(5-14-4-7)10(9)3-12(11)16-13/h2-3,6-8,14H,1,4-5H2,(H,16,17)/t7-,8-/m1/s1. The fourth-order valence-electron chi connectivity index (χ4n) is 3.24. The van der Waals surface area contributed by atoms with E-state index in [-0.39, 0.29) is 5.56 Å². The lowest BCUT2D eigenvalue weighted by Gasteiger charge is -2.19. The molecule has 17 heavy (non-hydrogen) atoms. The van der Waals surface area contributed by atoms with Crippen molar-refractivity contribution in [3.8, 4) is 0 Å². The van der Waals surface area contributed by atoms with Crippen molar-refractivity contribution in [1.82, 2.24) is 15.3 Å². The lowest BCUT2D eigenvalue weighted by molar-refractivity contribution is 0.454. The SMILES string of the molecule is O=c1cnc2cc3c(cc2[nH]1)[C@H]1CNC[C@H]3C1. The normalized spacial score (nSPS) is 26.1. The molecular formula is C13H13N3O. The Bertz CT molecular complexity index is 661. The van der Waals surface area contributed by atoms with E-state index in [1.807, 2.05) is 0 Å². The van der Waals surface area contributed by atoms with E-state index in [1.54, 1.807) is 0 Å². The molecule has 2 aliphatic rings. The summed E-state index contributed by atoms with van der Waals surface area (Å²) >= 11 is 0. The molecule has 4 rings (SSSR count). The number of fused-ring (bicyclic) bond motifs is 6. The van der Waals surface area contributed by atoms with Crippen LogP contribution in [0.4, 0.5) is 0 Å². The highest BCUT2D eigenvalue weighted by atomic mass is 16.1. The Hall–Kier alpha value is -1.68. The fourth-order valence-corrected chi connectivity index (χ4v) is 3.24. The van der Waals surface area contributed by atoms with Gasteiger partial charge in [0.05, 0.1) is 17.2 Å². The van der Waals surface area contributed by atoms with Gasteiger partial charge in [0, 0.05) is 13.1 Å². The molecule has 2 N–H and O–H groups in total. The van der Waals surface area contributed by atoms with Gasteiger partial charge in [0.15, 0.2) is 0 Å². The number of piperidine rings is 1. The van der Waals surface area contributed by atoms with Gasteiger partial charge in [-0.2, -0.15) is 0 Å². The molecular weight excluding hydrogens is 214 g/mol. The maximum absolute atomic E-state index is 11.3. The first-order chi connectivity index (χ1) is 8.31. The Labute approximate surface area is 98.1 Å². The van der Waals surface area contributed by atoms with E-state index in [4.69, 9.17) is 0 Å². The molecule has 4 heteroatoms. The molecule has 0 radical (unpaired) electrons. The Morgan fingerprint density at radius 3 is 2.76 bits per heavy atom. The van der Waals surface area contributed by atoms with Gasteiger partial charge >= 0.3 is 0 Å². The van der Waals surface area contributed by atoms with Gasteiger partial charge in [-0.1, -0.05) is 0 Å². The quantitative estimate of drug-likeness (QED) is 0.708. The third-order valence-electron chi connectivity index (χ3n) is 4.01. The predicted molar refractivity (Wildman–Crippen MR) is 65.3 cm³/mol. The Kier molecular flexibility index (Phi) is 1.74. The van der Waals surface area contributed by atoms with Crippen LogP contribution in [-0.4, -0.2) is 23.1 Å². The highest BCUT2D eigenvalue weighted by molar-refractivity contribution is 5.77. The number of H-pyrrole nitrogens is 1. The summed E-state index contributed by atoms with van der Waals surface area (Å²) in [5.41, 5.74) is 4.46. The van der Waals surface area contributed by atoms with Crippen molar-refractivity contribution in [1.29, 1.82) is 0 Å². The largest absolute Gasteiger partial charge is 0.319 e. The van der Waals surface area contributed by atoms with Crippen LogP contribution in [0, 0.1) is 0 Å². The molecule has 4 nitrogen and oxygen atoms in total. The molecule has 1 aromatic carbocycles. The second-order valence-corrected chi connectivity index (χ2v) is 5.03. The second kappa shape index (κ2) is 3.17. The summed E-state index contributed by atoms with van der Waals surface area (Å²) < 4.78 is 0. The first-order valence-electron chi connectivity index (χ1n) is 6.05. The molecule has 2 atom stereocenters. The third-order valence-corrected chi connectivity index (χ3v) is 4.01. The number of nitrogens with one attached hydrogen (secondary N) is 2. The van der Waals surface area contributed by atoms with Crippen molar-refractivity contribution in [2.45, 2.75) is 18.3 Å². The predicted octanol–water partition coefficient (Wildman–Crippen LogP) is 1.10. The number of hydrogen-bond acceptors (Lipinski definition) is 3. The van der Waals surface area contributed by atoms with E-state index in [0.29, 0.717) is 11.8 Å². The zero-order valence-electron chi connectivity index (χ0n) is 9.36. The minimum absolute atomic E-state index is 0.128. The third kappa shape index (κ3) is 1.27. The van der Waals surface area contributed by atoms with Gasteiger partial charge in [0.25, 0.3) is 5.56 Å². The van der Waals surface area contributed by atoms with Crippen molar-refractivity contribution in [2.24, 2.45) is 0 Å². The number of hydrogen-bond donors (Lipinski definition) is 2. The molecule has 86 valence electrons. The van der Waals surface area contributed by atoms with E-state index in [1.165, 1.54) is 23.7 Å². The minimum Gasteiger partial charge on any atom is -0.319 e. The maximum atomic E-state index is 11.3. The van der Waals surface area contributed by atoms with Gasteiger partial charge in [-0.15, -0.1) is 0 Å². The number of benzene rings is 1. The molecule has 1 aromatic heterocycles. The average molecular weight is 227 g/mol. The Morgan fingerprint density at radius 1 is 1.18 bits per heavy atom. The molecule has 0 unspecified atom stereocenters. The Morgan fingerprint density at radius 2 is 1.94 bits per heavy atom. The van der Waals surface area contributed by atoms with Gasteiger partial charge in [-0.3, -0.25) is 4.79 Å². The van der Waals surface area contributed by atoms with Crippen LogP contribution < -0.4 is 10.9 Å². The lowest BCUT2D eigenvalue weighted by atomic mass is 9.98. The fraction of sp³-hybridized carbons (Fsp3) is 0.385. The van der Waals surface area contributed by atoms with E-state index >= 15 is 0 Å². The van der Waals surface area contributed by atoms with Gasteiger partial charge in [0.1, 0.15) is 0 Å². The van der Waals surface area contributed by atoms with Crippen LogP contribution in [0.3, 0.4) is 0 Å². The molecule has 0 spiro atoms. The van der Waals surface area contributed by atoms with Crippen molar-refractivity contribution in [3.05, 3.63) is 39.8 Å². The van der Waals surface area contributed by atoms with Crippen LogP contribution in [0.5, 0.6) is 0 Å². The molecule has 0 amide bonds. The topological polar surface area (TPSA) is 57.8 Å². The average Bonchev–Trinajstić information content (AvgIpc) is 2.59. The number of aromatic amines is 1. The van der Waals surface area contributed by atoms with E-state index in [0.717, 1.165) is 24.1 Å². The molecule has 0 saturated carbocycles. The van der Waals surface area contributed by atoms with Gasteiger partial charge in [-0.05, 0) is 41.5 Å². The summed E-state index contributed by atoms with van der Waals surface area (Å²) in [6, 6.07) is 4.27. The second-order valence-electron chi connectivity index (χ2n) is 5.03. The summed E-state index contributed by atoms with van der Waals surface area (Å²) in [5.74, 6) is 1.23. The van der Waals surface area contributed by atoms with Crippen LogP contribution in [-0.2, 0) is 0 Å². The summed E-state index contributed by atoms with van der Waals surface area (Å²) in [7, 11) is 0. The van der Waals surface area contributed by atoms with E-state index < -0.39 is 0 Å². The lowest BCUT2D eigenvalue weighted by Crippen LogP contribution is -2.28. The zero-order valence-corrected chi connectivity index (χ0v) is 9.36. The monoisotopic (exact) mass is 227 g/mol. The van der Waals surface area contributed by atoms with Crippen LogP contribution in [0.2, 0.25) is 0 Å². The van der Waals surface area contributed by atoms with Crippen LogP contribution in [0.15, 0.2) is 23.1 Å². The highest BCUT2D eigenvalue weighted by Gasteiger charge is 2.34. The molecule has 1 fully saturated rings. The van der Waals surface area contributed by atoms with Crippen molar-refractivity contribution in [2.75, 3.05) is 13.1 Å². The smallest absolute Gasteiger partial charge is 0.266 e. The summed E-state index contributed by atoms with van der Waals surface area (Å²) in [6.07, 6.45) is 2.59. The first-order valence-corrected chi connectivity index (χ1v) is 6.05. The first kappa shape index (κ1) is 9.36. The van der Waals surface area contributed by atoms with Crippen LogP contribution in [0.1, 0.15) is 29.4 Å². The summed E-state index contributed by atoms with van der Waals surface area (Å²) in [6.45, 7) is 2.12. The summed E-state index contributed by atoms with van der Waals surface area (Å²) in [4.78, 5) is 18.4. The van der Waals surface area contributed by atoms with Gasteiger partial charge in [0.2, 0.25) is 0 Å². The molecule has 2 aromatic rings. The Balaban J connectivity index is 2.03. The molecule has 1 aliphatic heterocycles. The summed E-state index contributed by atoms with van der Waals surface area (Å²) in [5, 5.41) is 3.47. The van der Waals surface area contributed by atoms with Gasteiger partial charge in [-0.25, -0.2) is 4.98 Å². The maximum Gasteiger partial charge on any atom is 0.266 e. The van der Waals surface area contributed by atoms with Gasteiger partial charge < -0.3 is 10.3 Å². The highest BCUT2D eigenvalue weighted by Crippen LogP contribution is 2.44. The molecule has 2 bridgehead atoms. The van der Waals surface area contributed by atoms with Crippen molar-refractivity contribution < 1.29 is 0 Å². The van der Waals surface area contributed by atoms with E-state index in [9.17, 15) is 4.79 Å². The number of aromatic nitrogens is 2. The zero-order chi connectivity index (χ0) is 11.4. The molecule has 1 aliphatic carbocycles. The number of rotatable bonds is 0. The van der Waals surface area contributed by atoms with Crippen LogP contribution >= 0.6 is 0 Å². The molecule has 1 saturated heterocycles.